The van der Waals surface area contributed by atoms with Crippen LogP contribution in [0.5, 0.6) is 0 Å². The Morgan fingerprint density at radius 1 is 1.17 bits per heavy atom. The van der Waals surface area contributed by atoms with E-state index in [-0.39, 0.29) is 12.4 Å². The zero-order valence-corrected chi connectivity index (χ0v) is 8.14. The normalized spacial score (nSPS) is 9.08. The molecule has 2 heteroatoms. The molecule has 0 spiro atoms. The van der Waals surface area contributed by atoms with Gasteiger partial charge in [0.05, 0.1) is 0 Å². The maximum absolute atomic E-state index is 3.14. The summed E-state index contributed by atoms with van der Waals surface area (Å²) in [4.78, 5) is 0. The molecule has 0 atom stereocenters. The second-order valence-corrected chi connectivity index (χ2v) is 2.69. The molecule has 0 saturated carbocycles. The number of halogens is 1. The molecule has 0 amide bonds. The van der Waals surface area contributed by atoms with Crippen molar-refractivity contribution in [1.29, 1.82) is 0 Å². The molecule has 0 unspecified atom stereocenters. The zero-order chi connectivity index (χ0) is 7.94. The summed E-state index contributed by atoms with van der Waals surface area (Å²) >= 11 is 0. The van der Waals surface area contributed by atoms with E-state index < -0.39 is 0 Å². The van der Waals surface area contributed by atoms with Crippen LogP contribution < -0.4 is 17.7 Å². The van der Waals surface area contributed by atoms with Gasteiger partial charge in [0.15, 0.2) is 0 Å². The van der Waals surface area contributed by atoms with E-state index in [4.69, 9.17) is 0 Å². The van der Waals surface area contributed by atoms with E-state index in [0.29, 0.717) is 0 Å². The first-order valence-electron chi connectivity index (χ1n) is 4.12. The molecule has 1 N–H and O–H groups in total. The molecule has 0 aliphatic heterocycles. The summed E-state index contributed by atoms with van der Waals surface area (Å²) in [6.07, 6.45) is 2.40. The smallest absolute Gasteiger partial charge is 0.00488 e. The molecular weight excluding hydrogens is 170 g/mol. The number of rotatable bonds is 4. The first kappa shape index (κ1) is 11.5. The van der Waals surface area contributed by atoms with Gasteiger partial charge in [-0.2, -0.15) is 0 Å². The van der Waals surface area contributed by atoms with E-state index >= 15 is 0 Å². The van der Waals surface area contributed by atoms with Gasteiger partial charge in [-0.1, -0.05) is 30.3 Å². The second-order valence-electron chi connectivity index (χ2n) is 2.69. The summed E-state index contributed by atoms with van der Waals surface area (Å²) in [5.41, 5.74) is 1.43. The van der Waals surface area contributed by atoms with Crippen molar-refractivity contribution in [3.05, 3.63) is 35.9 Å². The molecule has 0 heterocycles. The zero-order valence-electron chi connectivity index (χ0n) is 7.39. The first-order chi connectivity index (χ1) is 5.43. The number of nitrogens with one attached hydrogen (secondary N) is 1. The van der Waals surface area contributed by atoms with Crippen molar-refractivity contribution in [3.8, 4) is 0 Å². The molecule has 1 nitrogen and oxygen atoms in total. The fourth-order valence-corrected chi connectivity index (χ4v) is 1.11. The van der Waals surface area contributed by atoms with Crippen LogP contribution >= 0.6 is 0 Å². The molecule has 12 heavy (non-hydrogen) atoms. The summed E-state index contributed by atoms with van der Waals surface area (Å²) in [5.74, 6) is 0. The molecule has 0 aliphatic carbocycles. The summed E-state index contributed by atoms with van der Waals surface area (Å²) < 4.78 is 0. The van der Waals surface area contributed by atoms with Crippen molar-refractivity contribution in [2.75, 3.05) is 13.6 Å². The van der Waals surface area contributed by atoms with Crippen LogP contribution in [0.4, 0.5) is 0 Å². The summed E-state index contributed by atoms with van der Waals surface area (Å²) in [6, 6.07) is 10.6. The molecule has 0 radical (unpaired) electrons. The molecule has 68 valence electrons. The summed E-state index contributed by atoms with van der Waals surface area (Å²) in [6.45, 7) is 1.11. The Morgan fingerprint density at radius 3 is 2.42 bits per heavy atom. The van der Waals surface area contributed by atoms with Crippen LogP contribution in [-0.4, -0.2) is 13.6 Å². The van der Waals surface area contributed by atoms with E-state index in [1.54, 1.807) is 0 Å². The fourth-order valence-electron chi connectivity index (χ4n) is 1.11. The van der Waals surface area contributed by atoms with Gasteiger partial charge in [-0.05, 0) is 32.0 Å². The molecule has 1 aromatic rings. The van der Waals surface area contributed by atoms with Crippen molar-refractivity contribution < 1.29 is 12.4 Å². The van der Waals surface area contributed by atoms with Gasteiger partial charge in [0.2, 0.25) is 0 Å². The highest BCUT2D eigenvalue weighted by Gasteiger charge is 1.88. The quantitative estimate of drug-likeness (QED) is 0.583. The van der Waals surface area contributed by atoms with Gasteiger partial charge in [0.1, 0.15) is 0 Å². The van der Waals surface area contributed by atoms with Crippen molar-refractivity contribution in [2.45, 2.75) is 12.8 Å². The fraction of sp³-hybridized carbons (Fsp3) is 0.400. The van der Waals surface area contributed by atoms with Crippen molar-refractivity contribution in [2.24, 2.45) is 0 Å². The molecule has 0 aromatic heterocycles. The van der Waals surface area contributed by atoms with Crippen LogP contribution in [0, 0.1) is 0 Å². The number of hydrogen-bond donors (Lipinski definition) is 1. The van der Waals surface area contributed by atoms with E-state index in [1.807, 2.05) is 7.05 Å². The number of aryl methyl sites for hydroxylation is 1. The highest BCUT2D eigenvalue weighted by atomic mass is 35.5. The molecule has 0 saturated heterocycles. The van der Waals surface area contributed by atoms with Gasteiger partial charge in [0.25, 0.3) is 0 Å². The third-order valence-corrected chi connectivity index (χ3v) is 1.74. The number of hydrogen-bond acceptors (Lipinski definition) is 1. The average Bonchev–Trinajstić information content (AvgIpc) is 2.07. The SMILES string of the molecule is CNCCCc1ccccc1.[Cl-]. The Labute approximate surface area is 80.6 Å². The van der Waals surface area contributed by atoms with Crippen LogP contribution in [0.2, 0.25) is 0 Å². The Hall–Kier alpha value is -0.530. The monoisotopic (exact) mass is 184 g/mol. The van der Waals surface area contributed by atoms with Crippen molar-refractivity contribution >= 4 is 0 Å². The van der Waals surface area contributed by atoms with E-state index in [0.717, 1.165) is 6.54 Å². The molecular formula is C10H15ClN-. The lowest BCUT2D eigenvalue weighted by Gasteiger charge is -1.99. The van der Waals surface area contributed by atoms with E-state index in [1.165, 1.54) is 18.4 Å². The predicted octanol–water partition coefficient (Wildman–Crippen LogP) is -1.16. The van der Waals surface area contributed by atoms with E-state index in [9.17, 15) is 0 Å². The molecule has 1 rings (SSSR count). The second kappa shape index (κ2) is 7.14. The molecule has 0 fully saturated rings. The minimum absolute atomic E-state index is 0. The van der Waals surface area contributed by atoms with Crippen molar-refractivity contribution in [3.63, 3.8) is 0 Å². The van der Waals surface area contributed by atoms with Crippen LogP contribution in [0.3, 0.4) is 0 Å². The lowest BCUT2D eigenvalue weighted by atomic mass is 10.1. The van der Waals surface area contributed by atoms with Crippen molar-refractivity contribution in [1.82, 2.24) is 5.32 Å². The largest absolute Gasteiger partial charge is 1.00 e. The van der Waals surface area contributed by atoms with Crippen LogP contribution in [0.25, 0.3) is 0 Å². The van der Waals surface area contributed by atoms with E-state index in [2.05, 4.69) is 35.6 Å². The lowest BCUT2D eigenvalue weighted by molar-refractivity contribution is -0.00000234. The predicted molar refractivity (Wildman–Crippen MR) is 48.7 cm³/mol. The van der Waals surface area contributed by atoms with Gasteiger partial charge in [0, 0.05) is 0 Å². The third kappa shape index (κ3) is 4.37. The lowest BCUT2D eigenvalue weighted by Crippen LogP contribution is -3.00. The minimum Gasteiger partial charge on any atom is -1.00 e. The minimum atomic E-state index is 0. The van der Waals surface area contributed by atoms with Gasteiger partial charge < -0.3 is 17.7 Å². The van der Waals surface area contributed by atoms with Crippen LogP contribution in [0.1, 0.15) is 12.0 Å². The Bertz CT molecular complexity index is 186. The third-order valence-electron chi connectivity index (χ3n) is 1.74. The van der Waals surface area contributed by atoms with Crippen LogP contribution in [-0.2, 0) is 6.42 Å². The highest BCUT2D eigenvalue weighted by molar-refractivity contribution is 5.14. The Morgan fingerprint density at radius 2 is 1.83 bits per heavy atom. The van der Waals surface area contributed by atoms with Gasteiger partial charge in [-0.15, -0.1) is 0 Å². The first-order valence-corrected chi connectivity index (χ1v) is 4.12. The van der Waals surface area contributed by atoms with Gasteiger partial charge in [-0.3, -0.25) is 0 Å². The number of benzene rings is 1. The van der Waals surface area contributed by atoms with Gasteiger partial charge >= 0.3 is 0 Å². The summed E-state index contributed by atoms with van der Waals surface area (Å²) in [7, 11) is 1.99. The molecule has 0 bridgehead atoms. The topological polar surface area (TPSA) is 12.0 Å². The maximum Gasteiger partial charge on any atom is -0.00488 e. The molecule has 0 aliphatic rings. The average molecular weight is 185 g/mol. The van der Waals surface area contributed by atoms with Gasteiger partial charge in [-0.25, -0.2) is 0 Å². The molecule has 1 aromatic carbocycles. The Balaban J connectivity index is 0.00000121. The standard InChI is InChI=1S/C10H15N.ClH/c1-11-9-5-8-10-6-3-2-4-7-10;/h2-4,6-7,11H,5,8-9H2,1H3;1H/p-1. The maximum atomic E-state index is 3.14. The highest BCUT2D eigenvalue weighted by Crippen LogP contribution is 2.00. The Kier molecular flexibility index (Phi) is 6.82. The summed E-state index contributed by atoms with van der Waals surface area (Å²) in [5, 5.41) is 3.14. The van der Waals surface area contributed by atoms with Crippen LogP contribution in [0.15, 0.2) is 30.3 Å².